The van der Waals surface area contributed by atoms with Crippen molar-refractivity contribution in [2.45, 2.75) is 43.7 Å². The number of nitrogens with one attached hydrogen (secondary N) is 1. The van der Waals surface area contributed by atoms with Gasteiger partial charge in [0.25, 0.3) is 5.91 Å². The van der Waals surface area contributed by atoms with Gasteiger partial charge in [0.15, 0.2) is 24.3 Å². The van der Waals surface area contributed by atoms with Gasteiger partial charge in [-0.05, 0) is 55.0 Å². The van der Waals surface area contributed by atoms with Crippen LogP contribution in [0.3, 0.4) is 0 Å². The first-order chi connectivity index (χ1) is 15.7. The maximum Gasteiger partial charge on any atom is 0.258 e. The van der Waals surface area contributed by atoms with Crippen LogP contribution in [-0.4, -0.2) is 35.7 Å². The van der Waals surface area contributed by atoms with Crippen molar-refractivity contribution in [3.05, 3.63) is 58.6 Å². The molecule has 0 radical (unpaired) electrons. The highest BCUT2D eigenvalue weighted by molar-refractivity contribution is 6.30. The molecule has 2 aromatic carbocycles. The van der Waals surface area contributed by atoms with E-state index in [1.807, 2.05) is 0 Å². The average molecular weight is 476 g/mol. The monoisotopic (exact) mass is 475 g/mol. The van der Waals surface area contributed by atoms with Crippen molar-refractivity contribution in [3.8, 4) is 11.5 Å². The zero-order valence-corrected chi connectivity index (χ0v) is 18.2. The number of carbonyl (C=O) groups is 3. The Morgan fingerprint density at radius 3 is 2.64 bits per heavy atom. The topological polar surface area (TPSA) is 81.7 Å². The summed E-state index contributed by atoms with van der Waals surface area (Å²) in [5.41, 5.74) is -0.380. The van der Waals surface area contributed by atoms with Crippen molar-refractivity contribution in [3.63, 3.8) is 0 Å². The van der Waals surface area contributed by atoms with E-state index < -0.39 is 17.7 Å². The summed E-state index contributed by atoms with van der Waals surface area (Å²) in [6, 6.07) is 7.64. The quantitative estimate of drug-likeness (QED) is 0.654. The molecule has 1 unspecified atom stereocenters. The van der Waals surface area contributed by atoms with Gasteiger partial charge in [-0.25, -0.2) is 8.78 Å². The van der Waals surface area contributed by atoms with E-state index in [1.54, 1.807) is 0 Å². The first kappa shape index (κ1) is 21.8. The van der Waals surface area contributed by atoms with Gasteiger partial charge < -0.3 is 14.8 Å². The smallest absolute Gasteiger partial charge is 0.258 e. The Kier molecular flexibility index (Phi) is 5.16. The number of fused-ring (bicyclic) bond motifs is 1. The standard InChI is InChI=1S/C24H20ClF2NO5/c25-16-3-2-14(6-17(16)27)32-9-22(31)28-24-10-23(11-24,12-24)8-19(30)21-7-18(29)15-5-13(26)1-4-20(15)33-21/h1-6,21H,7-12H2,(H,28,31). The van der Waals surface area contributed by atoms with Gasteiger partial charge in [-0.1, -0.05) is 11.6 Å². The van der Waals surface area contributed by atoms with Gasteiger partial charge in [-0.15, -0.1) is 0 Å². The van der Waals surface area contributed by atoms with Gasteiger partial charge in [0.1, 0.15) is 23.1 Å². The fourth-order valence-electron chi connectivity index (χ4n) is 5.32. The second-order valence-corrected chi connectivity index (χ2v) is 9.65. The van der Waals surface area contributed by atoms with Gasteiger partial charge in [-0.3, -0.25) is 14.4 Å². The third-order valence-electron chi connectivity index (χ3n) is 6.60. The lowest BCUT2D eigenvalue weighted by Crippen LogP contribution is -2.75. The molecule has 0 saturated heterocycles. The summed E-state index contributed by atoms with van der Waals surface area (Å²) in [6.07, 6.45) is 1.28. The maximum atomic E-state index is 13.5. The van der Waals surface area contributed by atoms with Crippen molar-refractivity contribution in [1.29, 1.82) is 0 Å². The number of Topliss-reactive ketones (excluding diaryl/α,β-unsaturated/α-hetero) is 2. The molecular weight excluding hydrogens is 456 g/mol. The molecule has 2 bridgehead atoms. The first-order valence-electron chi connectivity index (χ1n) is 10.6. The van der Waals surface area contributed by atoms with Crippen LogP contribution < -0.4 is 14.8 Å². The van der Waals surface area contributed by atoms with E-state index in [0.717, 1.165) is 12.1 Å². The van der Waals surface area contributed by atoms with Crippen molar-refractivity contribution >= 4 is 29.1 Å². The Morgan fingerprint density at radius 2 is 1.91 bits per heavy atom. The van der Waals surface area contributed by atoms with E-state index in [4.69, 9.17) is 21.1 Å². The minimum absolute atomic E-state index is 0.0263. The molecule has 0 spiro atoms. The van der Waals surface area contributed by atoms with Crippen LogP contribution >= 0.6 is 11.6 Å². The summed E-state index contributed by atoms with van der Waals surface area (Å²) in [4.78, 5) is 37.3. The normalized spacial score (nSPS) is 26.9. The number of ether oxygens (including phenoxy) is 2. The molecule has 1 amide bonds. The molecule has 3 saturated carbocycles. The summed E-state index contributed by atoms with van der Waals surface area (Å²) in [6.45, 7) is -0.257. The van der Waals surface area contributed by atoms with E-state index in [9.17, 15) is 23.2 Å². The van der Waals surface area contributed by atoms with E-state index >= 15 is 0 Å². The van der Waals surface area contributed by atoms with Gasteiger partial charge in [0.2, 0.25) is 0 Å². The van der Waals surface area contributed by atoms with Crippen LogP contribution in [-0.2, 0) is 9.59 Å². The number of hydrogen-bond acceptors (Lipinski definition) is 5. The molecule has 9 heteroatoms. The average Bonchev–Trinajstić information content (AvgIpc) is 2.72. The second kappa shape index (κ2) is 7.80. The zero-order chi connectivity index (χ0) is 23.4. The fraction of sp³-hybridized carbons (Fsp3) is 0.375. The van der Waals surface area contributed by atoms with Crippen LogP contribution in [0.25, 0.3) is 0 Å². The maximum absolute atomic E-state index is 13.5. The number of carbonyl (C=O) groups excluding carboxylic acids is 3. The molecule has 6 rings (SSSR count). The predicted octanol–water partition coefficient (Wildman–Crippen LogP) is 4.03. The molecule has 3 aliphatic carbocycles. The van der Waals surface area contributed by atoms with Gasteiger partial charge in [0.05, 0.1) is 17.0 Å². The minimum atomic E-state index is -0.872. The highest BCUT2D eigenvalue weighted by Crippen LogP contribution is 2.69. The Morgan fingerprint density at radius 1 is 1.15 bits per heavy atom. The number of benzene rings is 2. The van der Waals surface area contributed by atoms with E-state index in [-0.39, 0.29) is 70.0 Å². The summed E-state index contributed by atoms with van der Waals surface area (Å²) < 4.78 is 37.8. The minimum Gasteiger partial charge on any atom is -0.484 e. The van der Waals surface area contributed by atoms with Crippen LogP contribution in [0.15, 0.2) is 36.4 Å². The lowest BCUT2D eigenvalue weighted by molar-refractivity contribution is -0.175. The molecule has 0 aromatic heterocycles. The lowest BCUT2D eigenvalue weighted by Gasteiger charge is -2.70. The van der Waals surface area contributed by atoms with Gasteiger partial charge in [-0.2, -0.15) is 0 Å². The highest BCUT2D eigenvalue weighted by atomic mass is 35.5. The Bertz CT molecular complexity index is 1160. The zero-order valence-electron chi connectivity index (χ0n) is 17.5. The molecule has 1 atom stereocenters. The third kappa shape index (κ3) is 4.08. The fourth-order valence-corrected chi connectivity index (χ4v) is 5.44. The first-order valence-corrected chi connectivity index (χ1v) is 10.9. The predicted molar refractivity (Wildman–Crippen MR) is 113 cm³/mol. The Labute approximate surface area is 193 Å². The number of ketones is 2. The molecule has 3 fully saturated rings. The van der Waals surface area contributed by atoms with Crippen LogP contribution in [0.4, 0.5) is 8.78 Å². The van der Waals surface area contributed by atoms with Crippen molar-refractivity contribution in [1.82, 2.24) is 5.32 Å². The van der Waals surface area contributed by atoms with Crippen LogP contribution in [0.5, 0.6) is 11.5 Å². The second-order valence-electron chi connectivity index (χ2n) is 9.24. The molecule has 1 N–H and O–H groups in total. The van der Waals surface area contributed by atoms with Crippen LogP contribution in [0.1, 0.15) is 42.5 Å². The van der Waals surface area contributed by atoms with Crippen molar-refractivity contribution < 1.29 is 32.6 Å². The van der Waals surface area contributed by atoms with E-state index in [1.165, 1.54) is 24.3 Å². The molecular formula is C24H20ClF2NO5. The van der Waals surface area contributed by atoms with Gasteiger partial charge >= 0.3 is 0 Å². The summed E-state index contributed by atoms with van der Waals surface area (Å²) in [5, 5.41) is 2.92. The molecule has 33 heavy (non-hydrogen) atoms. The third-order valence-corrected chi connectivity index (χ3v) is 6.90. The molecule has 6 nitrogen and oxygen atoms in total. The molecule has 2 aromatic rings. The lowest BCUT2D eigenvalue weighted by atomic mass is 9.38. The molecule has 1 aliphatic heterocycles. The molecule has 172 valence electrons. The van der Waals surface area contributed by atoms with Crippen molar-refractivity contribution in [2.75, 3.05) is 6.61 Å². The van der Waals surface area contributed by atoms with E-state index in [2.05, 4.69) is 5.32 Å². The number of rotatable bonds is 7. The van der Waals surface area contributed by atoms with E-state index in [0.29, 0.717) is 19.3 Å². The van der Waals surface area contributed by atoms with Crippen molar-refractivity contribution in [2.24, 2.45) is 5.41 Å². The summed E-state index contributed by atoms with van der Waals surface area (Å²) >= 11 is 5.62. The highest BCUT2D eigenvalue weighted by Gasteiger charge is 2.68. The molecule has 4 aliphatic rings. The Hall–Kier alpha value is -3.00. The number of amides is 1. The summed E-state index contributed by atoms with van der Waals surface area (Å²) in [7, 11) is 0. The number of hydrogen-bond donors (Lipinski definition) is 1. The Balaban J connectivity index is 1.10. The largest absolute Gasteiger partial charge is 0.484 e. The van der Waals surface area contributed by atoms with Gasteiger partial charge in [0, 0.05) is 18.0 Å². The number of halogens is 3. The summed E-state index contributed by atoms with van der Waals surface area (Å²) in [5.74, 6) is -1.51. The van der Waals surface area contributed by atoms with Crippen LogP contribution in [0.2, 0.25) is 5.02 Å². The SMILES string of the molecule is O=C(COc1ccc(Cl)c(F)c1)NC12CC(CC(=O)C3CC(=O)c4cc(F)ccc4O3)(C1)C2. The van der Waals surface area contributed by atoms with Crippen LogP contribution in [0, 0.1) is 17.0 Å². The molecule has 1 heterocycles.